The zero-order chi connectivity index (χ0) is 24.2. The lowest BCUT2D eigenvalue weighted by Gasteiger charge is -2.57. The number of piperidine rings is 1. The molecule has 2 amide bonds. The maximum Gasteiger partial charge on any atom is 0.314 e. The molecule has 2 aliphatic heterocycles. The summed E-state index contributed by atoms with van der Waals surface area (Å²) in [6.07, 6.45) is 9.41. The summed E-state index contributed by atoms with van der Waals surface area (Å²) in [7, 11) is 0. The number of nitrogens with one attached hydrogen (secondary N) is 3. The van der Waals surface area contributed by atoms with Crippen LogP contribution in [0.3, 0.4) is 0 Å². The van der Waals surface area contributed by atoms with E-state index in [2.05, 4.69) is 30.2 Å². The second kappa shape index (κ2) is 7.29. The Labute approximate surface area is 207 Å². The van der Waals surface area contributed by atoms with Crippen molar-refractivity contribution in [2.75, 3.05) is 25.0 Å². The topological polar surface area (TPSA) is 128 Å². The molecule has 188 valence electrons. The number of aliphatic hydroxyl groups is 1. The van der Waals surface area contributed by atoms with Crippen LogP contribution in [-0.2, 0) is 9.59 Å². The van der Waals surface area contributed by atoms with Crippen LogP contribution < -0.4 is 10.6 Å². The van der Waals surface area contributed by atoms with Gasteiger partial charge in [-0.25, -0.2) is 4.98 Å². The number of pyridine rings is 1. The minimum Gasteiger partial charge on any atom is -0.390 e. The van der Waals surface area contributed by atoms with Gasteiger partial charge in [0.1, 0.15) is 5.65 Å². The number of anilines is 1. The number of fused-ring (bicyclic) bond motifs is 5. The molecule has 6 aliphatic rings. The molecule has 10 nitrogen and oxygen atoms in total. The van der Waals surface area contributed by atoms with Gasteiger partial charge in [-0.05, 0) is 74.8 Å². The summed E-state index contributed by atoms with van der Waals surface area (Å²) in [5.41, 5.74) is 1.17. The van der Waals surface area contributed by atoms with Gasteiger partial charge >= 0.3 is 11.8 Å². The number of hydrogen-bond acceptors (Lipinski definition) is 6. The van der Waals surface area contributed by atoms with Gasteiger partial charge in [-0.1, -0.05) is 0 Å². The highest BCUT2D eigenvalue weighted by molar-refractivity contribution is 6.40. The molecule has 0 radical (unpaired) electrons. The number of rotatable bonds is 3. The summed E-state index contributed by atoms with van der Waals surface area (Å²) in [6, 6.07) is 2.19. The smallest absolute Gasteiger partial charge is 0.314 e. The van der Waals surface area contributed by atoms with Gasteiger partial charge < -0.3 is 25.6 Å². The van der Waals surface area contributed by atoms with E-state index in [1.54, 1.807) is 6.20 Å². The van der Waals surface area contributed by atoms with E-state index in [1.165, 1.54) is 0 Å². The van der Waals surface area contributed by atoms with Gasteiger partial charge in [-0.2, -0.15) is 5.10 Å². The average molecular weight is 490 g/mol. The third-order valence-electron chi connectivity index (χ3n) is 9.81. The summed E-state index contributed by atoms with van der Waals surface area (Å²) >= 11 is 0. The number of aromatic nitrogens is 4. The summed E-state index contributed by atoms with van der Waals surface area (Å²) < 4.78 is 2.08. The van der Waals surface area contributed by atoms with Crippen molar-refractivity contribution in [3.8, 4) is 0 Å². The minimum absolute atomic E-state index is 0.0336. The van der Waals surface area contributed by atoms with E-state index in [0.29, 0.717) is 29.5 Å². The Morgan fingerprint density at radius 1 is 1.08 bits per heavy atom. The minimum atomic E-state index is -0.687. The summed E-state index contributed by atoms with van der Waals surface area (Å²) in [5, 5.41) is 23.5. The lowest BCUT2D eigenvalue weighted by Crippen LogP contribution is -2.55. The Kier molecular flexibility index (Phi) is 4.28. The van der Waals surface area contributed by atoms with Gasteiger partial charge in [0.2, 0.25) is 0 Å². The second-order valence-corrected chi connectivity index (χ2v) is 12.1. The Morgan fingerprint density at radius 2 is 1.92 bits per heavy atom. The molecule has 4 saturated carbocycles. The lowest BCUT2D eigenvalue weighted by molar-refractivity contribution is -0.148. The highest BCUT2D eigenvalue weighted by Gasteiger charge is 2.56. The first-order valence-corrected chi connectivity index (χ1v) is 13.3. The van der Waals surface area contributed by atoms with Crippen LogP contribution >= 0.6 is 0 Å². The van der Waals surface area contributed by atoms with Crippen molar-refractivity contribution in [2.45, 2.75) is 56.2 Å². The van der Waals surface area contributed by atoms with Crippen molar-refractivity contribution in [1.29, 1.82) is 0 Å². The fourth-order valence-corrected chi connectivity index (χ4v) is 8.63. The molecular formula is C26H31N7O3. The molecule has 4 aliphatic carbocycles. The van der Waals surface area contributed by atoms with E-state index in [0.717, 1.165) is 80.1 Å². The fourth-order valence-electron chi connectivity index (χ4n) is 8.63. The molecule has 6 bridgehead atoms. The molecule has 2 saturated heterocycles. The van der Waals surface area contributed by atoms with Crippen molar-refractivity contribution in [3.05, 3.63) is 18.5 Å². The Bertz CT molecular complexity index is 1400. The summed E-state index contributed by atoms with van der Waals surface area (Å²) in [4.78, 5) is 35.9. The molecule has 5 heterocycles. The summed E-state index contributed by atoms with van der Waals surface area (Å²) in [6.45, 7) is 2.89. The molecule has 4 N–H and O–H groups in total. The Hall–Kier alpha value is -2.98. The largest absolute Gasteiger partial charge is 0.390 e. The van der Waals surface area contributed by atoms with E-state index >= 15 is 0 Å². The van der Waals surface area contributed by atoms with Crippen LogP contribution in [-0.4, -0.2) is 72.8 Å². The molecule has 2 unspecified atom stereocenters. The van der Waals surface area contributed by atoms with E-state index in [9.17, 15) is 14.7 Å². The standard InChI is InChI=1S/C26H31N7O3/c34-24(29-19-12-32-4-2-14(19)11-32)25(35)30-23-18-10-28-22-17(1-3-27-22)21(18)33(31-23)20-15-5-13-6-16(20)9-26(36,7-13)8-15/h1,3,10,13-16,19-20,36H,2,4-9,11-12H2,(H,27,28)(H,29,34)(H,30,31,35)/t13?,14-,15-,16+,19?,20+,26-/m1/s1. The summed E-state index contributed by atoms with van der Waals surface area (Å²) in [5.74, 6) is 0.809. The first-order valence-electron chi connectivity index (χ1n) is 13.3. The molecule has 0 spiro atoms. The van der Waals surface area contributed by atoms with Crippen LogP contribution in [0.2, 0.25) is 0 Å². The van der Waals surface area contributed by atoms with Crippen LogP contribution in [0.5, 0.6) is 0 Å². The number of amides is 2. The quantitative estimate of drug-likeness (QED) is 0.415. The van der Waals surface area contributed by atoms with E-state index in [4.69, 9.17) is 5.10 Å². The maximum absolute atomic E-state index is 13.0. The lowest BCUT2D eigenvalue weighted by atomic mass is 9.52. The molecule has 0 aromatic carbocycles. The highest BCUT2D eigenvalue weighted by atomic mass is 16.3. The molecule has 8 atom stereocenters. The molecule has 3 aromatic heterocycles. The predicted octanol–water partition coefficient (Wildman–Crippen LogP) is 1.78. The zero-order valence-corrected chi connectivity index (χ0v) is 20.1. The Morgan fingerprint density at radius 3 is 2.64 bits per heavy atom. The predicted molar refractivity (Wildman–Crippen MR) is 132 cm³/mol. The number of carbonyl (C=O) groups excluding carboxylic acids is 2. The van der Waals surface area contributed by atoms with Gasteiger partial charge in [0, 0.05) is 36.9 Å². The average Bonchev–Trinajstić information content (AvgIpc) is 3.61. The molecule has 9 rings (SSSR count). The van der Waals surface area contributed by atoms with Crippen molar-refractivity contribution in [3.63, 3.8) is 0 Å². The number of hydrogen-bond donors (Lipinski definition) is 4. The van der Waals surface area contributed by atoms with Gasteiger partial charge in [0.15, 0.2) is 5.82 Å². The fraction of sp³-hybridized carbons (Fsp3) is 0.615. The van der Waals surface area contributed by atoms with Crippen molar-refractivity contribution < 1.29 is 14.7 Å². The molecule has 6 fully saturated rings. The third kappa shape index (κ3) is 3.03. The highest BCUT2D eigenvalue weighted by Crippen LogP contribution is 2.60. The molecule has 3 aromatic rings. The second-order valence-electron chi connectivity index (χ2n) is 12.1. The third-order valence-corrected chi connectivity index (χ3v) is 9.81. The number of carbonyl (C=O) groups is 2. The van der Waals surface area contributed by atoms with Crippen LogP contribution in [0.25, 0.3) is 21.9 Å². The van der Waals surface area contributed by atoms with Crippen molar-refractivity contribution in [2.24, 2.45) is 23.7 Å². The number of nitrogens with zero attached hydrogens (tertiary/aromatic N) is 4. The van der Waals surface area contributed by atoms with E-state index in [-0.39, 0.29) is 12.1 Å². The number of aromatic amines is 1. The first-order chi connectivity index (χ1) is 17.4. The van der Waals surface area contributed by atoms with Gasteiger partial charge in [-0.15, -0.1) is 0 Å². The van der Waals surface area contributed by atoms with Crippen LogP contribution in [0.15, 0.2) is 18.5 Å². The van der Waals surface area contributed by atoms with Gasteiger partial charge in [-0.3, -0.25) is 14.3 Å². The first kappa shape index (κ1) is 21.1. The van der Waals surface area contributed by atoms with Crippen LogP contribution in [0, 0.1) is 23.7 Å². The Balaban J connectivity index is 1.14. The van der Waals surface area contributed by atoms with Crippen molar-refractivity contribution in [1.82, 2.24) is 30.0 Å². The van der Waals surface area contributed by atoms with Gasteiger partial charge in [0.25, 0.3) is 0 Å². The maximum atomic E-state index is 13.0. The monoisotopic (exact) mass is 489 g/mol. The SMILES string of the molecule is O=C(Nc1nn([C@H]2[C@@H]3CC4C[C@H]2C[C@@](O)(C4)C3)c2c1cnc1[nH]ccc12)C(=O)NC1C[N@@]2CC[C@@H]1C2. The molecule has 10 heteroatoms. The zero-order valence-electron chi connectivity index (χ0n) is 20.1. The van der Waals surface area contributed by atoms with Gasteiger partial charge in [0.05, 0.1) is 22.5 Å². The normalized spacial score (nSPS) is 38.3. The van der Waals surface area contributed by atoms with Crippen molar-refractivity contribution >= 4 is 39.6 Å². The van der Waals surface area contributed by atoms with E-state index in [1.807, 2.05) is 12.3 Å². The molecule has 36 heavy (non-hydrogen) atoms. The molecular weight excluding hydrogens is 458 g/mol. The van der Waals surface area contributed by atoms with Crippen LogP contribution in [0.1, 0.15) is 44.6 Å². The number of H-pyrrole nitrogens is 1. The van der Waals surface area contributed by atoms with Crippen LogP contribution in [0.4, 0.5) is 5.82 Å². The van der Waals surface area contributed by atoms with E-state index < -0.39 is 17.4 Å².